The molecule has 1 aliphatic rings. The normalized spacial score (nSPS) is 19.1. The average molecular weight is 400 g/mol. The van der Waals surface area contributed by atoms with Crippen molar-refractivity contribution in [3.63, 3.8) is 0 Å². The minimum absolute atomic E-state index is 0.0444. The predicted octanol–water partition coefficient (Wildman–Crippen LogP) is 3.99. The van der Waals surface area contributed by atoms with Crippen LogP contribution in [0, 0.1) is 0 Å². The maximum absolute atomic E-state index is 13.0. The molecule has 0 radical (unpaired) electrons. The molecule has 0 aliphatic heterocycles. The smallest absolute Gasteiger partial charge is 0.338 e. The van der Waals surface area contributed by atoms with Gasteiger partial charge in [0.2, 0.25) is 0 Å². The summed E-state index contributed by atoms with van der Waals surface area (Å²) in [6, 6.07) is 15.6. The number of Topliss-reactive ketones (excluding diaryl/α,β-unsaturated/α-hetero) is 1. The van der Waals surface area contributed by atoms with Crippen molar-refractivity contribution in [2.24, 2.45) is 0 Å². The lowest BCUT2D eigenvalue weighted by Gasteiger charge is -2.43. The summed E-state index contributed by atoms with van der Waals surface area (Å²) in [6.07, 6.45) is 2.46. The number of halogens is 1. The molecule has 1 atom stereocenters. The van der Waals surface area contributed by atoms with Crippen molar-refractivity contribution in [2.75, 3.05) is 13.7 Å². The molecule has 0 aromatic heterocycles. The van der Waals surface area contributed by atoms with Crippen LogP contribution in [0.25, 0.3) is 0 Å². The summed E-state index contributed by atoms with van der Waals surface area (Å²) in [6.45, 7) is -0.441. The van der Waals surface area contributed by atoms with Crippen molar-refractivity contribution in [1.82, 2.24) is 4.90 Å². The number of ketones is 1. The molecule has 0 spiro atoms. The van der Waals surface area contributed by atoms with Crippen molar-refractivity contribution < 1.29 is 19.1 Å². The van der Waals surface area contributed by atoms with Gasteiger partial charge in [-0.2, -0.15) is 0 Å². The van der Waals surface area contributed by atoms with Crippen LogP contribution in [-0.2, 0) is 19.9 Å². The fourth-order valence-electron chi connectivity index (χ4n) is 3.72. The van der Waals surface area contributed by atoms with E-state index in [1.165, 1.54) is 4.90 Å². The Balaban J connectivity index is 1.82. The first-order chi connectivity index (χ1) is 13.5. The summed E-state index contributed by atoms with van der Waals surface area (Å²) in [7, 11) is 1.57. The molecule has 0 saturated heterocycles. The van der Waals surface area contributed by atoms with Crippen LogP contribution in [0.5, 0.6) is 0 Å². The molecule has 6 heteroatoms. The van der Waals surface area contributed by atoms with Gasteiger partial charge in [0.1, 0.15) is 5.54 Å². The maximum atomic E-state index is 13.0. The minimum atomic E-state index is -1.13. The molecule has 0 N–H and O–H groups in total. The van der Waals surface area contributed by atoms with E-state index in [1.807, 2.05) is 0 Å². The van der Waals surface area contributed by atoms with Crippen LogP contribution in [0.3, 0.4) is 0 Å². The second-order valence-corrected chi connectivity index (χ2v) is 7.27. The van der Waals surface area contributed by atoms with Crippen molar-refractivity contribution in [2.45, 2.75) is 31.2 Å². The Morgan fingerprint density at radius 1 is 1.07 bits per heavy atom. The molecule has 2 aromatic rings. The topological polar surface area (TPSA) is 63.7 Å². The summed E-state index contributed by atoms with van der Waals surface area (Å²) >= 11 is 6.39. The lowest BCUT2D eigenvalue weighted by Crippen LogP contribution is -2.55. The Hall–Kier alpha value is -2.66. The second-order valence-electron chi connectivity index (χ2n) is 6.87. The zero-order chi connectivity index (χ0) is 20.1. The number of likely N-dealkylation sites (N-methyl/N-ethyl adjacent to an activating group) is 1. The van der Waals surface area contributed by atoms with E-state index in [4.69, 9.17) is 16.3 Å². The fraction of sp³-hybridized carbons (Fsp3) is 0.318. The van der Waals surface area contributed by atoms with Crippen molar-refractivity contribution >= 4 is 29.3 Å². The monoisotopic (exact) mass is 399 g/mol. The number of hydrogen-bond acceptors (Lipinski definition) is 4. The van der Waals surface area contributed by atoms with E-state index >= 15 is 0 Å². The molecule has 2 aromatic carbocycles. The van der Waals surface area contributed by atoms with Crippen LogP contribution >= 0.6 is 11.6 Å². The van der Waals surface area contributed by atoms with Gasteiger partial charge in [-0.15, -0.1) is 0 Å². The van der Waals surface area contributed by atoms with Gasteiger partial charge < -0.3 is 9.64 Å². The van der Waals surface area contributed by atoms with Gasteiger partial charge in [-0.1, -0.05) is 48.0 Å². The molecule has 5 nitrogen and oxygen atoms in total. The molecule has 1 amide bonds. The molecular weight excluding hydrogens is 378 g/mol. The number of carbonyl (C=O) groups excluding carboxylic acids is 3. The molecule has 1 saturated carbocycles. The SMILES string of the molecule is CN(C(=O)COC(=O)c1ccccc1)[C@@]1(c2ccccc2Cl)CCCCC1=O. The largest absolute Gasteiger partial charge is 0.452 e. The maximum Gasteiger partial charge on any atom is 0.338 e. The standard InChI is InChI=1S/C22H22ClNO4/c1-24(20(26)15-28-21(27)16-9-3-2-4-10-16)22(14-8-7-13-19(22)25)17-11-5-6-12-18(17)23/h2-6,9-12H,7-8,13-15H2,1H3/t22-/m1/s1. The van der Waals surface area contributed by atoms with Gasteiger partial charge in [-0.3, -0.25) is 9.59 Å². The van der Waals surface area contributed by atoms with E-state index in [0.717, 1.165) is 12.8 Å². The lowest BCUT2D eigenvalue weighted by atomic mass is 9.74. The molecule has 3 rings (SSSR count). The number of amides is 1. The van der Waals surface area contributed by atoms with Gasteiger partial charge in [0.25, 0.3) is 5.91 Å². The highest BCUT2D eigenvalue weighted by Crippen LogP contribution is 2.42. The van der Waals surface area contributed by atoms with E-state index < -0.39 is 24.0 Å². The van der Waals surface area contributed by atoms with E-state index in [1.54, 1.807) is 61.6 Å². The molecule has 1 aliphatic carbocycles. The molecule has 0 heterocycles. The number of nitrogens with zero attached hydrogens (tertiary/aromatic N) is 1. The van der Waals surface area contributed by atoms with Gasteiger partial charge in [0, 0.05) is 24.1 Å². The molecule has 0 bridgehead atoms. The van der Waals surface area contributed by atoms with Crippen molar-refractivity contribution in [1.29, 1.82) is 0 Å². The number of hydrogen-bond donors (Lipinski definition) is 0. The summed E-state index contributed by atoms with van der Waals surface area (Å²) in [4.78, 5) is 39.4. The molecule has 0 unspecified atom stereocenters. The zero-order valence-electron chi connectivity index (χ0n) is 15.7. The van der Waals surface area contributed by atoms with Crippen molar-refractivity contribution in [3.05, 3.63) is 70.7 Å². The third-order valence-corrected chi connectivity index (χ3v) is 5.59. The van der Waals surface area contributed by atoms with E-state index in [9.17, 15) is 14.4 Å². The molecular formula is C22H22ClNO4. The average Bonchev–Trinajstić information content (AvgIpc) is 2.73. The number of esters is 1. The van der Waals surface area contributed by atoms with Gasteiger partial charge >= 0.3 is 5.97 Å². The van der Waals surface area contributed by atoms with Crippen LogP contribution in [0.15, 0.2) is 54.6 Å². The molecule has 28 heavy (non-hydrogen) atoms. The van der Waals surface area contributed by atoms with E-state index in [0.29, 0.717) is 29.0 Å². The highest BCUT2D eigenvalue weighted by molar-refractivity contribution is 6.31. The number of ether oxygens (including phenoxy) is 1. The minimum Gasteiger partial charge on any atom is -0.452 e. The molecule has 1 fully saturated rings. The predicted molar refractivity (Wildman–Crippen MR) is 106 cm³/mol. The summed E-state index contributed by atoms with van der Waals surface area (Å²) < 4.78 is 5.17. The van der Waals surface area contributed by atoms with Crippen LogP contribution < -0.4 is 0 Å². The van der Waals surface area contributed by atoms with E-state index in [2.05, 4.69) is 0 Å². The Morgan fingerprint density at radius 3 is 2.43 bits per heavy atom. The lowest BCUT2D eigenvalue weighted by molar-refractivity contribution is -0.150. The van der Waals surface area contributed by atoms with Crippen LogP contribution in [-0.4, -0.2) is 36.2 Å². The summed E-state index contributed by atoms with van der Waals surface area (Å²) in [5, 5.41) is 0.443. The molecule has 146 valence electrons. The summed E-state index contributed by atoms with van der Waals surface area (Å²) in [5.41, 5.74) is -0.147. The van der Waals surface area contributed by atoms with Crippen molar-refractivity contribution in [3.8, 4) is 0 Å². The van der Waals surface area contributed by atoms with E-state index in [-0.39, 0.29) is 5.78 Å². The zero-order valence-corrected chi connectivity index (χ0v) is 16.4. The van der Waals surface area contributed by atoms with Crippen LogP contribution in [0.4, 0.5) is 0 Å². The second kappa shape index (κ2) is 8.57. The van der Waals surface area contributed by atoms with Gasteiger partial charge in [0.05, 0.1) is 5.56 Å². The number of carbonyl (C=O) groups is 3. The van der Waals surface area contributed by atoms with Gasteiger partial charge in [-0.25, -0.2) is 4.79 Å². The van der Waals surface area contributed by atoms with Gasteiger partial charge in [0.15, 0.2) is 12.4 Å². The summed E-state index contributed by atoms with van der Waals surface area (Å²) in [5.74, 6) is -1.07. The first kappa shape index (κ1) is 20.1. The number of benzene rings is 2. The van der Waals surface area contributed by atoms with Crippen LogP contribution in [0.1, 0.15) is 41.6 Å². The fourth-order valence-corrected chi connectivity index (χ4v) is 4.02. The highest BCUT2D eigenvalue weighted by atomic mass is 35.5. The highest BCUT2D eigenvalue weighted by Gasteiger charge is 2.47. The first-order valence-corrected chi connectivity index (χ1v) is 9.62. The Bertz CT molecular complexity index is 883. The quantitative estimate of drug-likeness (QED) is 0.713. The van der Waals surface area contributed by atoms with Gasteiger partial charge in [-0.05, 0) is 37.5 Å². The third-order valence-electron chi connectivity index (χ3n) is 5.26. The van der Waals surface area contributed by atoms with Crippen LogP contribution in [0.2, 0.25) is 5.02 Å². The Kier molecular flexibility index (Phi) is 6.15. The Morgan fingerprint density at radius 2 is 1.75 bits per heavy atom. The Labute approximate surface area is 169 Å². The first-order valence-electron chi connectivity index (χ1n) is 9.24. The number of rotatable bonds is 5. The third kappa shape index (κ3) is 3.80.